The van der Waals surface area contributed by atoms with Crippen LogP contribution in [0.4, 0.5) is 0 Å². The molecule has 2 heteroatoms. The van der Waals surface area contributed by atoms with E-state index in [2.05, 4.69) is 48.5 Å². The molecule has 1 heterocycles. The second-order valence-corrected chi connectivity index (χ2v) is 14.6. The van der Waals surface area contributed by atoms with E-state index >= 15 is 0 Å². The van der Waals surface area contributed by atoms with Gasteiger partial charge in [-0.05, 0) is 98.2 Å². The Balaban J connectivity index is 1.42. The zero-order valence-electron chi connectivity index (χ0n) is 21.8. The van der Waals surface area contributed by atoms with E-state index in [1.165, 1.54) is 44.9 Å². The van der Waals surface area contributed by atoms with E-state index in [0.717, 1.165) is 25.2 Å². The first kappa shape index (κ1) is 21.7. The summed E-state index contributed by atoms with van der Waals surface area (Å²) < 4.78 is 6.28. The zero-order valence-corrected chi connectivity index (χ0v) is 21.8. The van der Waals surface area contributed by atoms with Crippen molar-refractivity contribution >= 4 is 5.97 Å². The SMILES string of the molecule is CC(C)C1=C2CC[C@]3(C)[C@@H](CC[C@@H]4[C@H]5[C@H]6OC(=O)[C@@]5(CCC6(C)C)CC[C@@]43C)[C@@]2(C)CC1. The lowest BCUT2D eigenvalue weighted by atomic mass is 9.34. The van der Waals surface area contributed by atoms with Gasteiger partial charge in [-0.3, -0.25) is 4.79 Å². The highest BCUT2D eigenvalue weighted by molar-refractivity contribution is 5.81. The van der Waals surface area contributed by atoms with Gasteiger partial charge in [0.05, 0.1) is 5.41 Å². The van der Waals surface area contributed by atoms with Crippen LogP contribution in [-0.2, 0) is 9.53 Å². The molecule has 0 aromatic carbocycles. The number of rotatable bonds is 1. The molecular weight excluding hydrogens is 392 g/mol. The normalized spacial score (nSPS) is 53.4. The molecule has 5 fully saturated rings. The second-order valence-electron chi connectivity index (χ2n) is 14.6. The Morgan fingerprint density at radius 2 is 1.56 bits per heavy atom. The molecule has 5 aliphatic carbocycles. The molecule has 0 unspecified atom stereocenters. The number of hydrogen-bond donors (Lipinski definition) is 0. The van der Waals surface area contributed by atoms with Gasteiger partial charge in [-0.2, -0.15) is 0 Å². The molecule has 6 aliphatic rings. The number of ether oxygens (including phenoxy) is 1. The minimum absolute atomic E-state index is 0.127. The maximum atomic E-state index is 13.3. The van der Waals surface area contributed by atoms with Crippen molar-refractivity contribution in [1.29, 1.82) is 0 Å². The predicted octanol–water partition coefficient (Wildman–Crippen LogP) is 7.71. The molecule has 0 aromatic heterocycles. The summed E-state index contributed by atoms with van der Waals surface area (Å²) in [5.74, 6) is 2.78. The lowest BCUT2D eigenvalue weighted by molar-refractivity contribution is -0.206. The van der Waals surface area contributed by atoms with Gasteiger partial charge in [-0.15, -0.1) is 0 Å². The van der Waals surface area contributed by atoms with Gasteiger partial charge in [0.15, 0.2) is 0 Å². The topological polar surface area (TPSA) is 26.3 Å². The van der Waals surface area contributed by atoms with Gasteiger partial charge in [-0.25, -0.2) is 0 Å². The first-order valence-electron chi connectivity index (χ1n) is 13.8. The van der Waals surface area contributed by atoms with Crippen LogP contribution in [0.2, 0.25) is 0 Å². The van der Waals surface area contributed by atoms with Crippen LogP contribution in [0.15, 0.2) is 11.1 Å². The summed E-state index contributed by atoms with van der Waals surface area (Å²) in [4.78, 5) is 13.3. The summed E-state index contributed by atoms with van der Waals surface area (Å²) in [6.45, 7) is 17.6. The Morgan fingerprint density at radius 1 is 0.844 bits per heavy atom. The molecule has 178 valence electrons. The monoisotopic (exact) mass is 438 g/mol. The standard InChI is InChI=1S/C30H46O2/c1-18(2)19-10-12-27(5)20(19)11-13-29(7)22(27)9-8-21-23-24-26(3,4)14-16-30(23,25(31)32-24)17-15-28(21,29)6/h18,21-24H,8-17H2,1-7H3/t21-,22+,23+,24-,27+,28+,29-,30+/m1/s1. The average Bonchev–Trinajstić information content (AvgIpc) is 3.19. The third-order valence-electron chi connectivity index (χ3n) is 13.1. The van der Waals surface area contributed by atoms with Gasteiger partial charge >= 0.3 is 5.97 Å². The van der Waals surface area contributed by atoms with Gasteiger partial charge in [0.2, 0.25) is 0 Å². The maximum Gasteiger partial charge on any atom is 0.312 e. The van der Waals surface area contributed by atoms with Crippen molar-refractivity contribution in [2.24, 2.45) is 50.7 Å². The fraction of sp³-hybridized carbons (Fsp3) is 0.900. The molecule has 4 saturated carbocycles. The number of hydrogen-bond acceptors (Lipinski definition) is 2. The summed E-state index contributed by atoms with van der Waals surface area (Å²) in [5, 5.41) is 0. The number of carbonyl (C=O) groups is 1. The highest BCUT2D eigenvalue weighted by Gasteiger charge is 2.74. The van der Waals surface area contributed by atoms with Crippen molar-refractivity contribution < 1.29 is 9.53 Å². The zero-order chi connectivity index (χ0) is 22.9. The molecule has 0 spiro atoms. The number of carbonyl (C=O) groups excluding carboxylic acids is 1. The van der Waals surface area contributed by atoms with Crippen LogP contribution in [0.3, 0.4) is 0 Å². The van der Waals surface area contributed by atoms with E-state index < -0.39 is 0 Å². The molecule has 2 bridgehead atoms. The van der Waals surface area contributed by atoms with Crippen LogP contribution in [0.25, 0.3) is 0 Å². The second kappa shape index (κ2) is 6.25. The smallest absolute Gasteiger partial charge is 0.312 e. The highest BCUT2D eigenvalue weighted by atomic mass is 16.6. The van der Waals surface area contributed by atoms with Crippen molar-refractivity contribution in [3.05, 3.63) is 11.1 Å². The highest BCUT2D eigenvalue weighted by Crippen LogP contribution is 2.77. The lowest BCUT2D eigenvalue weighted by Crippen LogP contribution is -2.65. The molecule has 6 rings (SSSR count). The van der Waals surface area contributed by atoms with Crippen LogP contribution in [0, 0.1) is 50.7 Å². The van der Waals surface area contributed by atoms with E-state index in [1.807, 2.05) is 5.57 Å². The van der Waals surface area contributed by atoms with E-state index in [9.17, 15) is 4.79 Å². The maximum absolute atomic E-state index is 13.3. The first-order valence-corrected chi connectivity index (χ1v) is 13.8. The minimum Gasteiger partial charge on any atom is -0.461 e. The third-order valence-corrected chi connectivity index (χ3v) is 13.1. The Hall–Kier alpha value is -0.790. The molecule has 2 nitrogen and oxygen atoms in total. The van der Waals surface area contributed by atoms with Gasteiger partial charge < -0.3 is 4.74 Å². The summed E-state index contributed by atoms with van der Waals surface area (Å²) in [6.07, 6.45) is 12.7. The molecule has 1 saturated heterocycles. The molecule has 0 N–H and O–H groups in total. The van der Waals surface area contributed by atoms with Crippen molar-refractivity contribution in [2.75, 3.05) is 0 Å². The van der Waals surface area contributed by atoms with E-state index in [1.54, 1.807) is 5.57 Å². The summed E-state index contributed by atoms with van der Waals surface area (Å²) >= 11 is 0. The third kappa shape index (κ3) is 2.27. The molecule has 0 amide bonds. The average molecular weight is 439 g/mol. The fourth-order valence-corrected chi connectivity index (χ4v) is 11.1. The molecule has 1 aliphatic heterocycles. The minimum atomic E-state index is -0.157. The Morgan fingerprint density at radius 3 is 2.28 bits per heavy atom. The Bertz CT molecular complexity index is 897. The first-order chi connectivity index (χ1) is 14.9. The van der Waals surface area contributed by atoms with E-state index in [4.69, 9.17) is 4.74 Å². The number of fused-ring (bicyclic) bond motifs is 5. The van der Waals surface area contributed by atoms with Crippen molar-refractivity contribution in [3.63, 3.8) is 0 Å². The summed E-state index contributed by atoms with van der Waals surface area (Å²) in [7, 11) is 0. The van der Waals surface area contributed by atoms with Gasteiger partial charge in [0, 0.05) is 11.3 Å². The van der Waals surface area contributed by atoms with Crippen molar-refractivity contribution in [1.82, 2.24) is 0 Å². The van der Waals surface area contributed by atoms with Crippen LogP contribution in [0.1, 0.15) is 113 Å². The van der Waals surface area contributed by atoms with E-state index in [-0.39, 0.29) is 22.9 Å². The van der Waals surface area contributed by atoms with Gasteiger partial charge in [-0.1, -0.05) is 59.6 Å². The molecule has 0 aromatic rings. The lowest BCUT2D eigenvalue weighted by Gasteiger charge is -2.70. The van der Waals surface area contributed by atoms with Crippen LogP contribution in [-0.4, -0.2) is 12.1 Å². The molecule has 32 heavy (non-hydrogen) atoms. The molecule has 8 atom stereocenters. The summed E-state index contributed by atoms with van der Waals surface area (Å²) in [6, 6.07) is 0. The Labute approximate surface area is 196 Å². The van der Waals surface area contributed by atoms with Crippen LogP contribution < -0.4 is 0 Å². The number of esters is 1. The quantitative estimate of drug-likeness (QED) is 0.309. The fourth-order valence-electron chi connectivity index (χ4n) is 11.1. The van der Waals surface area contributed by atoms with Gasteiger partial charge in [0.25, 0.3) is 0 Å². The van der Waals surface area contributed by atoms with Crippen molar-refractivity contribution in [2.45, 2.75) is 119 Å². The molecule has 0 radical (unpaired) electrons. The Kier molecular flexibility index (Phi) is 4.24. The largest absolute Gasteiger partial charge is 0.461 e. The summed E-state index contributed by atoms with van der Waals surface area (Å²) in [5.41, 5.74) is 4.76. The van der Waals surface area contributed by atoms with E-state index in [0.29, 0.717) is 34.0 Å². The number of allylic oxidation sites excluding steroid dienone is 2. The van der Waals surface area contributed by atoms with Crippen LogP contribution in [0.5, 0.6) is 0 Å². The van der Waals surface area contributed by atoms with Crippen molar-refractivity contribution in [3.8, 4) is 0 Å². The van der Waals surface area contributed by atoms with Gasteiger partial charge in [0.1, 0.15) is 6.10 Å². The predicted molar refractivity (Wildman–Crippen MR) is 129 cm³/mol. The molecular formula is C30H46O2. The van der Waals surface area contributed by atoms with Crippen LogP contribution >= 0.6 is 0 Å².